The first kappa shape index (κ1) is 19.8. The van der Waals surface area contributed by atoms with Crippen LogP contribution in [0, 0.1) is 31.1 Å². The van der Waals surface area contributed by atoms with Crippen molar-refractivity contribution in [3.63, 3.8) is 0 Å². The molecular formula is C27H26N6O. The predicted octanol–water partition coefficient (Wildman–Crippen LogP) is 5.07. The van der Waals surface area contributed by atoms with E-state index in [9.17, 15) is 5.26 Å². The van der Waals surface area contributed by atoms with E-state index in [2.05, 4.69) is 51.2 Å². The lowest BCUT2D eigenvalue weighted by atomic mass is 9.50. The summed E-state index contributed by atoms with van der Waals surface area (Å²) in [6.45, 7) is 4.10. The maximum Gasteiger partial charge on any atom is 0.141 e. The Morgan fingerprint density at radius 2 is 1.97 bits per heavy atom. The Morgan fingerprint density at radius 1 is 1.12 bits per heavy atom. The Bertz CT molecular complexity index is 1490. The van der Waals surface area contributed by atoms with Crippen LogP contribution in [0.3, 0.4) is 0 Å². The SMILES string of the molecule is Cc1cc2cnn(-c3cnn(C45CC(C4)C5)c3)c2cc1OC1CCCc2c1ncc(C#N)c2C. The lowest BCUT2D eigenvalue weighted by Gasteiger charge is -2.61. The molecule has 3 aromatic heterocycles. The van der Waals surface area contributed by atoms with E-state index in [0.29, 0.717) is 5.56 Å². The maximum absolute atomic E-state index is 9.39. The molecule has 1 atom stereocenters. The molecule has 1 unspecified atom stereocenters. The van der Waals surface area contributed by atoms with Crippen LogP contribution in [0.1, 0.15) is 66.2 Å². The van der Waals surface area contributed by atoms with E-state index >= 15 is 0 Å². The van der Waals surface area contributed by atoms with Crippen molar-refractivity contribution in [3.8, 4) is 17.5 Å². The van der Waals surface area contributed by atoms with Crippen LogP contribution in [0.2, 0.25) is 0 Å². The highest BCUT2D eigenvalue weighted by molar-refractivity contribution is 5.83. The Morgan fingerprint density at radius 3 is 2.74 bits per heavy atom. The monoisotopic (exact) mass is 450 g/mol. The number of aryl methyl sites for hydroxylation is 1. The Kier molecular flexibility index (Phi) is 4.03. The summed E-state index contributed by atoms with van der Waals surface area (Å²) in [5.41, 5.74) is 7.16. The van der Waals surface area contributed by atoms with Crippen LogP contribution >= 0.6 is 0 Å². The molecule has 3 heterocycles. The van der Waals surface area contributed by atoms with Crippen molar-refractivity contribution < 1.29 is 4.74 Å². The quantitative estimate of drug-likeness (QED) is 0.434. The van der Waals surface area contributed by atoms with Gasteiger partial charge < -0.3 is 4.74 Å². The number of nitriles is 1. The molecule has 4 aliphatic rings. The van der Waals surface area contributed by atoms with Crippen LogP contribution in [0.4, 0.5) is 0 Å². The van der Waals surface area contributed by atoms with Crippen LogP contribution < -0.4 is 4.74 Å². The molecule has 0 saturated heterocycles. The molecule has 1 aromatic carbocycles. The van der Waals surface area contributed by atoms with Crippen molar-refractivity contribution in [2.45, 2.75) is 64.0 Å². The smallest absolute Gasteiger partial charge is 0.141 e. The number of pyridine rings is 1. The second kappa shape index (κ2) is 6.92. The van der Waals surface area contributed by atoms with Gasteiger partial charge in [0.15, 0.2) is 0 Å². The van der Waals surface area contributed by atoms with Crippen molar-refractivity contribution in [1.82, 2.24) is 24.5 Å². The molecule has 4 aliphatic carbocycles. The molecule has 2 bridgehead atoms. The summed E-state index contributed by atoms with van der Waals surface area (Å²) in [4.78, 5) is 4.64. The Labute approximate surface area is 198 Å². The van der Waals surface area contributed by atoms with Gasteiger partial charge in [-0.2, -0.15) is 15.5 Å². The lowest BCUT2D eigenvalue weighted by molar-refractivity contribution is -0.0977. The Balaban J connectivity index is 1.24. The maximum atomic E-state index is 9.39. The van der Waals surface area contributed by atoms with E-state index in [4.69, 9.17) is 4.74 Å². The molecule has 7 heteroatoms. The average Bonchev–Trinajstić information content (AvgIpc) is 3.40. The average molecular weight is 451 g/mol. The van der Waals surface area contributed by atoms with Crippen molar-refractivity contribution in [2.24, 2.45) is 5.92 Å². The van der Waals surface area contributed by atoms with Gasteiger partial charge in [-0.3, -0.25) is 9.67 Å². The summed E-state index contributed by atoms with van der Waals surface area (Å²) >= 11 is 0. The second-order valence-corrected chi connectivity index (χ2v) is 10.3. The fraction of sp³-hybridized carbons (Fsp3) is 0.407. The van der Waals surface area contributed by atoms with Crippen LogP contribution in [-0.2, 0) is 12.0 Å². The number of ether oxygens (including phenoxy) is 1. The molecule has 3 fully saturated rings. The van der Waals surface area contributed by atoms with E-state index in [0.717, 1.165) is 64.3 Å². The summed E-state index contributed by atoms with van der Waals surface area (Å²) in [5.74, 6) is 1.76. The van der Waals surface area contributed by atoms with Crippen LogP contribution in [0.25, 0.3) is 16.6 Å². The zero-order valence-corrected chi connectivity index (χ0v) is 19.5. The third kappa shape index (κ3) is 2.71. The Hall–Kier alpha value is -3.66. The molecule has 3 saturated carbocycles. The van der Waals surface area contributed by atoms with E-state index in [-0.39, 0.29) is 11.6 Å². The number of aromatic nitrogens is 5. The number of hydrogen-bond acceptors (Lipinski definition) is 5. The van der Waals surface area contributed by atoms with Gasteiger partial charge in [0.05, 0.1) is 40.9 Å². The molecule has 0 aliphatic heterocycles. The van der Waals surface area contributed by atoms with Gasteiger partial charge in [0.25, 0.3) is 0 Å². The minimum atomic E-state index is -0.116. The highest BCUT2D eigenvalue weighted by Crippen LogP contribution is 2.62. The number of hydrogen-bond donors (Lipinski definition) is 0. The molecule has 7 nitrogen and oxygen atoms in total. The summed E-state index contributed by atoms with van der Waals surface area (Å²) < 4.78 is 10.7. The van der Waals surface area contributed by atoms with Crippen molar-refractivity contribution in [3.05, 3.63) is 64.9 Å². The molecule has 4 aromatic rings. The van der Waals surface area contributed by atoms with E-state index < -0.39 is 0 Å². The third-order valence-electron chi connectivity index (χ3n) is 8.26. The van der Waals surface area contributed by atoms with E-state index in [1.165, 1.54) is 24.8 Å². The van der Waals surface area contributed by atoms with E-state index in [1.807, 2.05) is 24.0 Å². The number of nitrogens with zero attached hydrogens (tertiary/aromatic N) is 6. The summed E-state index contributed by atoms with van der Waals surface area (Å²) in [7, 11) is 0. The van der Waals surface area contributed by atoms with Crippen molar-refractivity contribution >= 4 is 10.9 Å². The third-order valence-corrected chi connectivity index (χ3v) is 8.26. The summed E-state index contributed by atoms with van der Waals surface area (Å²) in [6.07, 6.45) is 14.2. The topological polar surface area (TPSA) is 81.6 Å². The first-order valence-electron chi connectivity index (χ1n) is 12.1. The van der Waals surface area contributed by atoms with Crippen LogP contribution in [-0.4, -0.2) is 24.5 Å². The lowest BCUT2D eigenvalue weighted by Crippen LogP contribution is -2.59. The van der Waals surface area contributed by atoms with Crippen molar-refractivity contribution in [2.75, 3.05) is 0 Å². The van der Waals surface area contributed by atoms with Gasteiger partial charge in [0, 0.05) is 17.6 Å². The van der Waals surface area contributed by atoms with Gasteiger partial charge in [0.1, 0.15) is 23.6 Å². The molecule has 34 heavy (non-hydrogen) atoms. The molecule has 0 N–H and O–H groups in total. The van der Waals surface area contributed by atoms with Gasteiger partial charge in [0.2, 0.25) is 0 Å². The number of rotatable bonds is 4. The fourth-order valence-corrected chi connectivity index (χ4v) is 6.13. The van der Waals surface area contributed by atoms with Gasteiger partial charge in [-0.15, -0.1) is 0 Å². The van der Waals surface area contributed by atoms with Crippen LogP contribution in [0.5, 0.6) is 5.75 Å². The fourth-order valence-electron chi connectivity index (χ4n) is 6.13. The highest BCUT2D eigenvalue weighted by atomic mass is 16.5. The van der Waals surface area contributed by atoms with Gasteiger partial charge in [-0.05, 0) is 81.0 Å². The van der Waals surface area contributed by atoms with Crippen molar-refractivity contribution in [1.29, 1.82) is 5.26 Å². The number of fused-ring (bicyclic) bond motifs is 2. The summed E-state index contributed by atoms with van der Waals surface area (Å²) in [5, 5.41) is 19.8. The molecule has 170 valence electrons. The molecule has 8 rings (SSSR count). The second-order valence-electron chi connectivity index (χ2n) is 10.3. The first-order chi connectivity index (χ1) is 16.5. The largest absolute Gasteiger partial charge is 0.484 e. The van der Waals surface area contributed by atoms with Crippen LogP contribution in [0.15, 0.2) is 36.9 Å². The normalized spacial score (nSPS) is 24.7. The standard InChI is InChI=1S/C27H26N6O/c1-16-6-19-13-31-33(21-14-30-32(15-21)27-8-18(9-27)10-27)23(19)7-25(16)34-24-5-3-4-22-17(2)20(11-28)12-29-26(22)24/h6-7,12-15,18,24H,3-5,8-10H2,1-2H3. The first-order valence-corrected chi connectivity index (χ1v) is 12.1. The van der Waals surface area contributed by atoms with E-state index in [1.54, 1.807) is 6.20 Å². The van der Waals surface area contributed by atoms with Gasteiger partial charge in [-0.1, -0.05) is 0 Å². The molecular weight excluding hydrogens is 424 g/mol. The van der Waals surface area contributed by atoms with Gasteiger partial charge >= 0.3 is 0 Å². The zero-order valence-electron chi connectivity index (χ0n) is 19.5. The predicted molar refractivity (Wildman–Crippen MR) is 127 cm³/mol. The summed E-state index contributed by atoms with van der Waals surface area (Å²) in [6, 6.07) is 6.50. The minimum Gasteiger partial charge on any atom is -0.484 e. The minimum absolute atomic E-state index is 0.116. The highest BCUT2D eigenvalue weighted by Gasteiger charge is 2.58. The zero-order chi connectivity index (χ0) is 23.0. The molecule has 0 amide bonds. The van der Waals surface area contributed by atoms with Gasteiger partial charge in [-0.25, -0.2) is 4.68 Å². The molecule has 0 spiro atoms. The molecule has 0 radical (unpaired) electrons. The number of benzene rings is 1.